The zero-order valence-corrected chi connectivity index (χ0v) is 36.1. The Morgan fingerprint density at radius 2 is 1.65 bits per heavy atom. The number of aromatic nitrogens is 2. The molecule has 0 bridgehead atoms. The number of benzene rings is 3. The number of carbonyl (C=O) groups excluding carboxylic acids is 5. The number of nitrogens with zero attached hydrogens (tertiary/aromatic N) is 5. The van der Waals surface area contributed by atoms with Crippen molar-refractivity contribution in [2.24, 2.45) is 0 Å². The third-order valence-electron chi connectivity index (χ3n) is 10.9. The number of amides is 3. The number of likely N-dealkylation sites (N-methyl/N-ethyl adjacent to an activating group) is 1. The van der Waals surface area contributed by atoms with Crippen LogP contribution < -0.4 is 5.32 Å². The lowest BCUT2D eigenvalue weighted by Gasteiger charge is -2.32. The topological polar surface area (TPSA) is 134 Å². The summed E-state index contributed by atoms with van der Waals surface area (Å²) in [5, 5.41) is 8.51. The van der Waals surface area contributed by atoms with Crippen LogP contribution in [0.15, 0.2) is 91.3 Å². The first-order chi connectivity index (χ1) is 28.9. The Bertz CT molecular complexity index is 2300. The molecule has 0 radical (unpaired) electrons. The molecule has 0 aliphatic carbocycles. The molecule has 0 spiro atoms. The predicted octanol–water partition coefficient (Wildman–Crippen LogP) is 7.95. The van der Waals surface area contributed by atoms with Crippen molar-refractivity contribution >= 4 is 57.4 Å². The van der Waals surface area contributed by atoms with Gasteiger partial charge >= 0.3 is 5.97 Å². The first-order valence-electron chi connectivity index (χ1n) is 20.3. The fourth-order valence-electron chi connectivity index (χ4n) is 7.35. The van der Waals surface area contributed by atoms with Crippen molar-refractivity contribution in [3.63, 3.8) is 0 Å². The molecule has 14 heteroatoms. The van der Waals surface area contributed by atoms with E-state index in [1.54, 1.807) is 45.9 Å². The van der Waals surface area contributed by atoms with Crippen LogP contribution in [0.4, 0.5) is 5.00 Å². The van der Waals surface area contributed by atoms with Gasteiger partial charge in [0, 0.05) is 74.3 Å². The number of halogens is 1. The minimum absolute atomic E-state index is 0.0107. The average molecular weight is 851 g/mol. The fourth-order valence-corrected chi connectivity index (χ4v) is 8.73. The van der Waals surface area contributed by atoms with Crippen molar-refractivity contribution in [1.29, 1.82) is 0 Å². The van der Waals surface area contributed by atoms with E-state index < -0.39 is 5.97 Å². The predicted molar refractivity (Wildman–Crippen MR) is 233 cm³/mol. The fraction of sp³-hybridized carbons (Fsp3) is 0.348. The first kappa shape index (κ1) is 43.9. The summed E-state index contributed by atoms with van der Waals surface area (Å²) in [4.78, 5) is 72.5. The molecule has 0 saturated carbocycles. The minimum Gasteiger partial charge on any atom is -0.461 e. The largest absolute Gasteiger partial charge is 0.461 e. The molecule has 0 saturated heterocycles. The molecule has 0 unspecified atom stereocenters. The highest BCUT2D eigenvalue weighted by Crippen LogP contribution is 2.39. The van der Waals surface area contributed by atoms with Gasteiger partial charge in [0.15, 0.2) is 5.78 Å². The summed E-state index contributed by atoms with van der Waals surface area (Å²) in [5.41, 5.74) is 4.62. The number of carbonyl (C=O) groups is 5. The van der Waals surface area contributed by atoms with Crippen molar-refractivity contribution < 1.29 is 28.7 Å². The van der Waals surface area contributed by atoms with Crippen molar-refractivity contribution in [3.8, 4) is 5.69 Å². The Morgan fingerprint density at radius 3 is 2.37 bits per heavy atom. The van der Waals surface area contributed by atoms with Crippen molar-refractivity contribution in [3.05, 3.63) is 135 Å². The van der Waals surface area contributed by atoms with Crippen LogP contribution in [-0.4, -0.2) is 86.7 Å². The Labute approximate surface area is 360 Å². The number of esters is 1. The summed E-state index contributed by atoms with van der Waals surface area (Å²) in [6, 6.07) is 24.2. The van der Waals surface area contributed by atoms with Crippen LogP contribution in [0.25, 0.3) is 5.69 Å². The zero-order chi connectivity index (χ0) is 42.8. The van der Waals surface area contributed by atoms with Gasteiger partial charge in [-0.3, -0.25) is 28.9 Å². The maximum Gasteiger partial charge on any atom is 0.306 e. The van der Waals surface area contributed by atoms with Gasteiger partial charge in [-0.15, -0.1) is 11.3 Å². The van der Waals surface area contributed by atoms with Gasteiger partial charge < -0.3 is 19.9 Å². The van der Waals surface area contributed by atoms with Crippen LogP contribution in [0.5, 0.6) is 0 Å². The first-order valence-corrected chi connectivity index (χ1v) is 21.5. The molecular weight excluding hydrogens is 800 g/mol. The molecular formula is C46H51ClN6O6S. The number of hydrogen-bond donors (Lipinski definition) is 1. The van der Waals surface area contributed by atoms with E-state index >= 15 is 0 Å². The molecule has 6 rings (SSSR count). The maximum absolute atomic E-state index is 14.3. The number of fused-ring (bicyclic) bond motifs is 1. The van der Waals surface area contributed by atoms with Crippen LogP contribution in [0.3, 0.4) is 0 Å². The van der Waals surface area contributed by atoms with Gasteiger partial charge in [0.25, 0.3) is 5.91 Å². The second kappa shape index (κ2) is 20.6. The lowest BCUT2D eigenvalue weighted by molar-refractivity contribution is -0.147. The quantitative estimate of drug-likeness (QED) is 0.0694. The van der Waals surface area contributed by atoms with E-state index in [4.69, 9.17) is 16.3 Å². The van der Waals surface area contributed by atoms with Crippen LogP contribution in [-0.2, 0) is 45.2 Å². The molecule has 3 aromatic carbocycles. The summed E-state index contributed by atoms with van der Waals surface area (Å²) in [5.74, 6) is -1.21. The van der Waals surface area contributed by atoms with Gasteiger partial charge in [-0.25, -0.2) is 4.68 Å². The number of thiophene rings is 1. The zero-order valence-electron chi connectivity index (χ0n) is 34.5. The second-order valence-electron chi connectivity index (χ2n) is 14.9. The maximum atomic E-state index is 14.3. The van der Waals surface area contributed by atoms with E-state index in [9.17, 15) is 24.0 Å². The normalized spacial score (nSPS) is 12.3. The highest BCUT2D eigenvalue weighted by Gasteiger charge is 2.31. The molecule has 0 fully saturated rings. The van der Waals surface area contributed by atoms with Crippen molar-refractivity contribution in [2.75, 3.05) is 32.0 Å². The highest BCUT2D eigenvalue weighted by atomic mass is 35.5. The van der Waals surface area contributed by atoms with Gasteiger partial charge in [0.05, 0.1) is 36.0 Å². The van der Waals surface area contributed by atoms with Gasteiger partial charge in [-0.1, -0.05) is 67.9 Å². The molecule has 3 amide bonds. The monoisotopic (exact) mass is 850 g/mol. The Morgan fingerprint density at radius 1 is 0.917 bits per heavy atom. The Balaban J connectivity index is 1.13. The molecule has 2 aromatic heterocycles. The van der Waals surface area contributed by atoms with E-state index in [0.717, 1.165) is 40.1 Å². The molecule has 12 nitrogen and oxygen atoms in total. The lowest BCUT2D eigenvalue weighted by Crippen LogP contribution is -2.41. The van der Waals surface area contributed by atoms with Crippen LogP contribution in [0.2, 0.25) is 5.02 Å². The third kappa shape index (κ3) is 11.1. The highest BCUT2D eigenvalue weighted by molar-refractivity contribution is 7.17. The van der Waals surface area contributed by atoms with Crippen molar-refractivity contribution in [1.82, 2.24) is 24.5 Å². The van der Waals surface area contributed by atoms with E-state index in [-0.39, 0.29) is 49.0 Å². The average Bonchev–Trinajstić information content (AvgIpc) is 3.90. The standard InChI is InChI=1S/C46H51ClN6O6S/c1-5-37(6-2)52(24-23-50(4)41(55)19-20-42(56)59-30-32-11-8-7-9-12-32)27-33-13-10-14-34(25-33)45(58)49-46-43(39-21-22-51(31(3)54)29-40(39)60-46)44(57)35-26-48-53(28-35)38-17-15-36(47)16-18-38/h7-18,25-26,28,37H,5-6,19-24,27,29-30H2,1-4H3,(H,49,58). The summed E-state index contributed by atoms with van der Waals surface area (Å²) in [6.07, 6.45) is 5.55. The molecule has 60 heavy (non-hydrogen) atoms. The molecule has 5 aromatic rings. The molecule has 1 aliphatic rings. The number of anilines is 1. The van der Waals surface area contributed by atoms with E-state index in [1.165, 1.54) is 24.5 Å². The number of ether oxygens (including phenoxy) is 1. The number of rotatable bonds is 18. The minimum atomic E-state index is -0.411. The van der Waals surface area contributed by atoms with Crippen LogP contribution in [0.1, 0.15) is 94.3 Å². The summed E-state index contributed by atoms with van der Waals surface area (Å²) in [7, 11) is 1.75. The van der Waals surface area contributed by atoms with Gasteiger partial charge in [0.2, 0.25) is 11.8 Å². The van der Waals surface area contributed by atoms with Crippen LogP contribution in [0, 0.1) is 0 Å². The molecule has 1 aliphatic heterocycles. The van der Waals surface area contributed by atoms with E-state index in [2.05, 4.69) is 29.2 Å². The number of ketones is 1. The summed E-state index contributed by atoms with van der Waals surface area (Å²) in [6.45, 7) is 8.43. The number of nitrogens with one attached hydrogen (secondary N) is 1. The molecule has 314 valence electrons. The van der Waals surface area contributed by atoms with Gasteiger partial charge in [-0.05, 0) is 72.4 Å². The van der Waals surface area contributed by atoms with Gasteiger partial charge in [-0.2, -0.15) is 5.10 Å². The van der Waals surface area contributed by atoms with Crippen molar-refractivity contribution in [2.45, 2.75) is 78.6 Å². The lowest BCUT2D eigenvalue weighted by atomic mass is 9.97. The second-order valence-corrected chi connectivity index (χ2v) is 16.5. The van der Waals surface area contributed by atoms with E-state index in [0.29, 0.717) is 65.9 Å². The summed E-state index contributed by atoms with van der Waals surface area (Å²) >= 11 is 7.40. The Kier molecular flexibility index (Phi) is 15.1. The van der Waals surface area contributed by atoms with E-state index in [1.807, 2.05) is 60.7 Å². The Hall–Kier alpha value is -5.63. The number of hydrogen-bond acceptors (Lipinski definition) is 9. The SMILES string of the molecule is CCC(CC)N(CCN(C)C(=O)CCC(=O)OCc1ccccc1)Cc1cccc(C(=O)Nc2sc3c(c2C(=O)c2cnn(-c4ccc(Cl)cc4)c2)CCN(C(C)=O)C3)c1. The van der Waals surface area contributed by atoms with Gasteiger partial charge in [0.1, 0.15) is 11.6 Å². The molecule has 3 heterocycles. The smallest absolute Gasteiger partial charge is 0.306 e. The molecule has 0 atom stereocenters. The van der Waals surface area contributed by atoms with Crippen LogP contribution >= 0.6 is 22.9 Å². The third-order valence-corrected chi connectivity index (χ3v) is 12.2. The molecule has 1 N–H and O–H groups in total. The summed E-state index contributed by atoms with van der Waals surface area (Å²) < 4.78 is 6.95.